The molecule has 0 radical (unpaired) electrons. The van der Waals surface area contributed by atoms with Crippen LogP contribution in [-0.4, -0.2) is 52.2 Å². The largest absolute Gasteiger partial charge is 0.493 e. The Bertz CT molecular complexity index is 1110. The Morgan fingerprint density at radius 2 is 1.73 bits per heavy atom. The van der Waals surface area contributed by atoms with Crippen molar-refractivity contribution >= 4 is 21.6 Å². The van der Waals surface area contributed by atoms with Gasteiger partial charge in [0.2, 0.25) is 22.7 Å². The number of anilines is 1. The number of nitrogens with zero attached hydrogens (tertiary/aromatic N) is 1. The van der Waals surface area contributed by atoms with Crippen LogP contribution < -0.4 is 24.3 Å². The van der Waals surface area contributed by atoms with Crippen LogP contribution in [0.25, 0.3) is 0 Å². The summed E-state index contributed by atoms with van der Waals surface area (Å²) in [5.74, 6) is 1.46. The third-order valence-electron chi connectivity index (χ3n) is 5.90. The summed E-state index contributed by atoms with van der Waals surface area (Å²) in [6.45, 7) is -0.165. The van der Waals surface area contributed by atoms with E-state index in [0.717, 1.165) is 19.3 Å². The van der Waals surface area contributed by atoms with Crippen molar-refractivity contribution < 1.29 is 32.2 Å². The van der Waals surface area contributed by atoms with Crippen LogP contribution in [0.1, 0.15) is 32.1 Å². The maximum absolute atomic E-state index is 13.7. The second-order valence-electron chi connectivity index (χ2n) is 7.98. The molecule has 1 N–H and O–H groups in total. The van der Waals surface area contributed by atoms with Gasteiger partial charge < -0.3 is 24.3 Å². The fraction of sp³-hybridized carbons (Fsp3) is 0.435. The zero-order valence-electron chi connectivity index (χ0n) is 18.7. The molecule has 0 unspecified atom stereocenters. The number of fused-ring (bicyclic) bond motifs is 1. The van der Waals surface area contributed by atoms with Gasteiger partial charge in [-0.3, -0.25) is 4.79 Å². The number of methoxy groups -OCH3 is 2. The normalized spacial score (nSPS) is 16.0. The van der Waals surface area contributed by atoms with E-state index in [2.05, 4.69) is 5.32 Å². The van der Waals surface area contributed by atoms with E-state index in [4.69, 9.17) is 18.9 Å². The van der Waals surface area contributed by atoms with Crippen LogP contribution in [0.15, 0.2) is 41.3 Å². The van der Waals surface area contributed by atoms with Gasteiger partial charge in [0.15, 0.2) is 23.0 Å². The molecule has 0 spiro atoms. The lowest BCUT2D eigenvalue weighted by atomic mass is 9.95. The number of hydrogen-bond donors (Lipinski definition) is 1. The zero-order chi connectivity index (χ0) is 23.4. The summed E-state index contributed by atoms with van der Waals surface area (Å²) in [6, 6.07) is 9.27. The Balaban J connectivity index is 1.58. The highest BCUT2D eigenvalue weighted by Gasteiger charge is 2.34. The molecule has 0 atom stereocenters. The Labute approximate surface area is 193 Å². The highest BCUT2D eigenvalue weighted by molar-refractivity contribution is 7.89. The molecule has 1 saturated carbocycles. The van der Waals surface area contributed by atoms with E-state index in [9.17, 15) is 13.2 Å². The Morgan fingerprint density at radius 3 is 2.45 bits per heavy atom. The standard InChI is InChI=1S/C23H28N2O7S/c1-29-19-11-9-18(13-21(19)30-2)33(27,28)25(17-6-4-3-5-7-17)14-23(26)24-16-8-10-20-22(12-16)32-15-31-20/h8-13,17H,3-7,14-15H2,1-2H3,(H,24,26). The molecule has 10 heteroatoms. The predicted molar refractivity (Wildman–Crippen MR) is 122 cm³/mol. The lowest BCUT2D eigenvalue weighted by Gasteiger charge is -2.33. The molecule has 2 aromatic carbocycles. The van der Waals surface area contributed by atoms with E-state index in [0.29, 0.717) is 41.5 Å². The first kappa shape index (κ1) is 23.2. The van der Waals surface area contributed by atoms with Gasteiger partial charge in [0.05, 0.1) is 25.7 Å². The first-order valence-electron chi connectivity index (χ1n) is 10.9. The number of carbonyl (C=O) groups is 1. The molecule has 1 aliphatic carbocycles. The molecule has 178 valence electrons. The molecule has 4 rings (SSSR count). The Hall–Kier alpha value is -2.98. The van der Waals surface area contributed by atoms with Crippen LogP contribution in [0, 0.1) is 0 Å². The van der Waals surface area contributed by atoms with Crippen LogP contribution in [0.4, 0.5) is 5.69 Å². The molecule has 1 amide bonds. The molecule has 9 nitrogen and oxygen atoms in total. The minimum absolute atomic E-state index is 0.0570. The van der Waals surface area contributed by atoms with Gasteiger partial charge in [-0.25, -0.2) is 8.42 Å². The number of benzene rings is 2. The zero-order valence-corrected chi connectivity index (χ0v) is 19.5. The topological polar surface area (TPSA) is 103 Å². The molecule has 33 heavy (non-hydrogen) atoms. The molecule has 1 heterocycles. The van der Waals surface area contributed by atoms with E-state index >= 15 is 0 Å². The van der Waals surface area contributed by atoms with Crippen molar-refractivity contribution in [3.8, 4) is 23.0 Å². The van der Waals surface area contributed by atoms with Crippen molar-refractivity contribution in [2.24, 2.45) is 0 Å². The fourth-order valence-corrected chi connectivity index (χ4v) is 5.87. The molecule has 1 fully saturated rings. The van der Waals surface area contributed by atoms with E-state index in [1.165, 1.54) is 30.7 Å². The molecule has 2 aliphatic rings. The average Bonchev–Trinajstić information content (AvgIpc) is 3.30. The maximum atomic E-state index is 13.7. The summed E-state index contributed by atoms with van der Waals surface area (Å²) >= 11 is 0. The number of amides is 1. The third kappa shape index (κ3) is 5.01. The van der Waals surface area contributed by atoms with Crippen molar-refractivity contribution in [1.29, 1.82) is 0 Å². The van der Waals surface area contributed by atoms with Crippen LogP contribution in [-0.2, 0) is 14.8 Å². The highest BCUT2D eigenvalue weighted by atomic mass is 32.2. The third-order valence-corrected chi connectivity index (χ3v) is 7.79. The number of hydrogen-bond acceptors (Lipinski definition) is 7. The van der Waals surface area contributed by atoms with Gasteiger partial charge in [-0.1, -0.05) is 19.3 Å². The van der Waals surface area contributed by atoms with Gasteiger partial charge in [-0.2, -0.15) is 4.31 Å². The van der Waals surface area contributed by atoms with Crippen LogP contribution in [0.3, 0.4) is 0 Å². The van der Waals surface area contributed by atoms with Crippen molar-refractivity contribution in [3.05, 3.63) is 36.4 Å². The molecule has 0 bridgehead atoms. The summed E-state index contributed by atoms with van der Waals surface area (Å²) in [4.78, 5) is 13.0. The summed E-state index contributed by atoms with van der Waals surface area (Å²) in [7, 11) is -1.03. The van der Waals surface area contributed by atoms with Gasteiger partial charge >= 0.3 is 0 Å². The average molecular weight is 477 g/mol. The maximum Gasteiger partial charge on any atom is 0.243 e. The number of sulfonamides is 1. The highest BCUT2D eigenvalue weighted by Crippen LogP contribution is 2.35. The van der Waals surface area contributed by atoms with Crippen molar-refractivity contribution in [2.75, 3.05) is 32.9 Å². The smallest absolute Gasteiger partial charge is 0.243 e. The Morgan fingerprint density at radius 1 is 1.00 bits per heavy atom. The van der Waals surface area contributed by atoms with E-state index < -0.39 is 15.9 Å². The minimum Gasteiger partial charge on any atom is -0.493 e. The lowest BCUT2D eigenvalue weighted by Crippen LogP contribution is -2.45. The summed E-state index contributed by atoms with van der Waals surface area (Å²) in [6.07, 6.45) is 4.33. The molecule has 1 aliphatic heterocycles. The lowest BCUT2D eigenvalue weighted by molar-refractivity contribution is -0.116. The van der Waals surface area contributed by atoms with Gasteiger partial charge in [-0.15, -0.1) is 0 Å². The van der Waals surface area contributed by atoms with E-state index in [1.54, 1.807) is 24.3 Å². The summed E-state index contributed by atoms with van der Waals surface area (Å²) in [5.41, 5.74) is 0.511. The second-order valence-corrected chi connectivity index (χ2v) is 9.87. The van der Waals surface area contributed by atoms with E-state index in [1.807, 2.05) is 0 Å². The summed E-state index contributed by atoms with van der Waals surface area (Å²) < 4.78 is 49.8. The summed E-state index contributed by atoms with van der Waals surface area (Å²) in [5, 5.41) is 2.78. The SMILES string of the molecule is COc1ccc(S(=O)(=O)N(CC(=O)Nc2ccc3c(c2)OCO3)C2CCCCC2)cc1OC. The van der Waals surface area contributed by atoms with Gasteiger partial charge in [0.25, 0.3) is 0 Å². The Kier molecular flexibility index (Phi) is 6.94. The van der Waals surface area contributed by atoms with Crippen molar-refractivity contribution in [1.82, 2.24) is 4.31 Å². The first-order chi connectivity index (χ1) is 15.9. The van der Waals surface area contributed by atoms with Crippen LogP contribution in [0.5, 0.6) is 23.0 Å². The number of nitrogens with one attached hydrogen (secondary N) is 1. The number of carbonyl (C=O) groups excluding carboxylic acids is 1. The van der Waals surface area contributed by atoms with Gasteiger partial charge in [0, 0.05) is 23.9 Å². The molecular weight excluding hydrogens is 448 g/mol. The first-order valence-corrected chi connectivity index (χ1v) is 12.3. The number of rotatable bonds is 8. The molecule has 0 aromatic heterocycles. The monoisotopic (exact) mass is 476 g/mol. The van der Waals surface area contributed by atoms with Gasteiger partial charge in [-0.05, 0) is 37.1 Å². The molecular formula is C23H28N2O7S. The molecule has 2 aromatic rings. The van der Waals surface area contributed by atoms with Crippen molar-refractivity contribution in [2.45, 2.75) is 43.0 Å². The van der Waals surface area contributed by atoms with E-state index in [-0.39, 0.29) is 24.3 Å². The fourth-order valence-electron chi connectivity index (χ4n) is 4.21. The second kappa shape index (κ2) is 9.88. The molecule has 0 saturated heterocycles. The van der Waals surface area contributed by atoms with Gasteiger partial charge in [0.1, 0.15) is 0 Å². The quantitative estimate of drug-likeness (QED) is 0.623. The van der Waals surface area contributed by atoms with Crippen LogP contribution in [0.2, 0.25) is 0 Å². The predicted octanol–water partition coefficient (Wildman–Crippen LogP) is 3.39. The van der Waals surface area contributed by atoms with Crippen LogP contribution >= 0.6 is 0 Å². The minimum atomic E-state index is -3.96. The van der Waals surface area contributed by atoms with Crippen molar-refractivity contribution in [3.63, 3.8) is 0 Å². The number of ether oxygens (including phenoxy) is 4.